The smallest absolute Gasteiger partial charge is 0.320 e. The van der Waals surface area contributed by atoms with Gasteiger partial charge in [-0.2, -0.15) is 5.10 Å². The van der Waals surface area contributed by atoms with Crippen molar-refractivity contribution < 1.29 is 14.6 Å². The fourth-order valence-corrected chi connectivity index (χ4v) is 3.56. The molecule has 0 bridgehead atoms. The SMILES string of the molecule is Cc1cc(-n2ncc3cc(NC(=O)NC(C)c4ccccc4)nc(COCCO)c32)ccn1. The molecule has 170 valence electrons. The molecule has 33 heavy (non-hydrogen) atoms. The van der Waals surface area contributed by atoms with E-state index in [0.717, 1.165) is 27.8 Å². The minimum atomic E-state index is -0.363. The number of amides is 2. The number of benzene rings is 1. The maximum Gasteiger partial charge on any atom is 0.320 e. The molecule has 0 spiro atoms. The lowest BCUT2D eigenvalue weighted by Crippen LogP contribution is -2.31. The molecule has 0 aliphatic rings. The van der Waals surface area contributed by atoms with E-state index in [1.807, 2.05) is 56.3 Å². The van der Waals surface area contributed by atoms with Gasteiger partial charge in [-0.05, 0) is 37.6 Å². The van der Waals surface area contributed by atoms with Crippen molar-refractivity contribution in [1.29, 1.82) is 0 Å². The highest BCUT2D eigenvalue weighted by atomic mass is 16.5. The highest BCUT2D eigenvalue weighted by molar-refractivity contribution is 5.92. The lowest BCUT2D eigenvalue weighted by molar-refractivity contribution is 0.0803. The van der Waals surface area contributed by atoms with E-state index in [0.29, 0.717) is 11.5 Å². The van der Waals surface area contributed by atoms with Crippen LogP contribution in [0.25, 0.3) is 16.6 Å². The Bertz CT molecular complexity index is 1240. The predicted molar refractivity (Wildman–Crippen MR) is 125 cm³/mol. The van der Waals surface area contributed by atoms with Crippen LogP contribution in [0.4, 0.5) is 10.6 Å². The second-order valence-electron chi connectivity index (χ2n) is 7.61. The number of nitrogens with zero attached hydrogens (tertiary/aromatic N) is 4. The van der Waals surface area contributed by atoms with Crippen LogP contribution in [-0.4, -0.2) is 44.1 Å². The zero-order chi connectivity index (χ0) is 23.2. The lowest BCUT2D eigenvalue weighted by Gasteiger charge is -2.15. The van der Waals surface area contributed by atoms with Crippen molar-refractivity contribution in [3.8, 4) is 5.69 Å². The molecule has 0 saturated heterocycles. The Kier molecular flexibility index (Phi) is 6.92. The summed E-state index contributed by atoms with van der Waals surface area (Å²) in [6.07, 6.45) is 3.44. The van der Waals surface area contributed by atoms with Gasteiger partial charge in [-0.15, -0.1) is 0 Å². The topological polar surface area (TPSA) is 114 Å². The van der Waals surface area contributed by atoms with Crippen LogP contribution in [0.5, 0.6) is 0 Å². The number of urea groups is 1. The van der Waals surface area contributed by atoms with Gasteiger partial charge in [0.2, 0.25) is 0 Å². The molecule has 0 saturated carbocycles. The van der Waals surface area contributed by atoms with Gasteiger partial charge in [0, 0.05) is 17.3 Å². The number of fused-ring (bicyclic) bond motifs is 1. The average Bonchev–Trinajstić information content (AvgIpc) is 3.24. The van der Waals surface area contributed by atoms with E-state index in [1.54, 1.807) is 23.1 Å². The predicted octanol–water partition coefficient (Wildman–Crippen LogP) is 3.52. The van der Waals surface area contributed by atoms with Gasteiger partial charge in [0.15, 0.2) is 0 Å². The Morgan fingerprint density at radius 3 is 2.79 bits per heavy atom. The summed E-state index contributed by atoms with van der Waals surface area (Å²) in [6, 6.07) is 14.7. The van der Waals surface area contributed by atoms with Crippen molar-refractivity contribution in [2.45, 2.75) is 26.5 Å². The van der Waals surface area contributed by atoms with Crippen molar-refractivity contribution in [1.82, 2.24) is 25.1 Å². The number of aliphatic hydroxyl groups excluding tert-OH is 1. The van der Waals surface area contributed by atoms with Crippen LogP contribution in [0.1, 0.15) is 29.9 Å². The minimum Gasteiger partial charge on any atom is -0.394 e. The Hall–Kier alpha value is -3.82. The number of pyridine rings is 2. The van der Waals surface area contributed by atoms with Gasteiger partial charge in [-0.25, -0.2) is 14.5 Å². The van der Waals surface area contributed by atoms with Crippen LogP contribution < -0.4 is 10.6 Å². The number of aromatic nitrogens is 4. The third kappa shape index (κ3) is 5.33. The first kappa shape index (κ1) is 22.4. The van der Waals surface area contributed by atoms with Crippen molar-refractivity contribution in [3.63, 3.8) is 0 Å². The summed E-state index contributed by atoms with van der Waals surface area (Å²) in [5.41, 5.74) is 4.08. The van der Waals surface area contributed by atoms with Gasteiger partial charge in [0.25, 0.3) is 0 Å². The van der Waals surface area contributed by atoms with E-state index < -0.39 is 0 Å². The quantitative estimate of drug-likeness (QED) is 0.357. The summed E-state index contributed by atoms with van der Waals surface area (Å²) in [5.74, 6) is 0.383. The van der Waals surface area contributed by atoms with Crippen LogP contribution in [0.3, 0.4) is 0 Å². The second kappa shape index (κ2) is 10.2. The zero-order valence-corrected chi connectivity index (χ0v) is 18.5. The Balaban J connectivity index is 1.62. The number of hydrogen-bond donors (Lipinski definition) is 3. The van der Waals surface area contributed by atoms with Gasteiger partial charge in [0.1, 0.15) is 5.82 Å². The number of carbonyl (C=O) groups excluding carboxylic acids is 1. The number of anilines is 1. The highest BCUT2D eigenvalue weighted by Crippen LogP contribution is 2.25. The molecule has 3 aromatic heterocycles. The molecule has 2 amide bonds. The second-order valence-corrected chi connectivity index (χ2v) is 7.61. The molecule has 0 aliphatic heterocycles. The largest absolute Gasteiger partial charge is 0.394 e. The average molecular weight is 447 g/mol. The molecule has 0 aliphatic carbocycles. The standard InChI is InChI=1S/C24H26N6O3/c1-16-12-20(8-9-25-16)30-23-19(14-26-30)13-22(28-21(23)15-33-11-10-31)29-24(32)27-17(2)18-6-4-3-5-7-18/h3-9,12-14,17,31H,10-11,15H2,1-2H3,(H2,27,28,29,32). The van der Waals surface area contributed by atoms with Gasteiger partial charge < -0.3 is 15.2 Å². The lowest BCUT2D eigenvalue weighted by atomic mass is 10.1. The fourth-order valence-electron chi connectivity index (χ4n) is 3.56. The summed E-state index contributed by atoms with van der Waals surface area (Å²) in [6.45, 7) is 4.07. The number of hydrogen-bond acceptors (Lipinski definition) is 6. The summed E-state index contributed by atoms with van der Waals surface area (Å²) in [7, 11) is 0. The Labute approximate surface area is 191 Å². The fraction of sp³-hybridized carbons (Fsp3) is 0.250. The zero-order valence-electron chi connectivity index (χ0n) is 18.5. The molecule has 3 N–H and O–H groups in total. The van der Waals surface area contributed by atoms with Crippen LogP contribution >= 0.6 is 0 Å². The van der Waals surface area contributed by atoms with Gasteiger partial charge in [-0.3, -0.25) is 10.3 Å². The first-order valence-corrected chi connectivity index (χ1v) is 10.7. The first-order chi connectivity index (χ1) is 16.0. The summed E-state index contributed by atoms with van der Waals surface area (Å²) < 4.78 is 7.32. The number of rotatable bonds is 8. The number of nitrogens with one attached hydrogen (secondary N) is 2. The molecule has 3 heterocycles. The Morgan fingerprint density at radius 1 is 1.21 bits per heavy atom. The molecule has 9 nitrogen and oxygen atoms in total. The van der Waals surface area contributed by atoms with E-state index >= 15 is 0 Å². The van der Waals surface area contributed by atoms with E-state index in [4.69, 9.17) is 9.84 Å². The normalized spacial score (nSPS) is 12.0. The maximum absolute atomic E-state index is 12.6. The highest BCUT2D eigenvalue weighted by Gasteiger charge is 2.16. The number of aryl methyl sites for hydroxylation is 1. The van der Waals surface area contributed by atoms with Crippen LogP contribution in [-0.2, 0) is 11.3 Å². The molecule has 1 atom stereocenters. The molecular weight excluding hydrogens is 420 g/mol. The van der Waals surface area contributed by atoms with Crippen molar-refractivity contribution >= 4 is 22.8 Å². The molecular formula is C24H26N6O3. The third-order valence-electron chi connectivity index (χ3n) is 5.11. The van der Waals surface area contributed by atoms with Crippen LogP contribution in [0, 0.1) is 6.92 Å². The van der Waals surface area contributed by atoms with Gasteiger partial charge in [0.05, 0.1) is 49.0 Å². The molecule has 4 aromatic rings. The number of carbonyl (C=O) groups is 1. The van der Waals surface area contributed by atoms with Gasteiger partial charge >= 0.3 is 6.03 Å². The van der Waals surface area contributed by atoms with Crippen molar-refractivity contribution in [3.05, 3.63) is 77.9 Å². The van der Waals surface area contributed by atoms with Crippen molar-refractivity contribution in [2.75, 3.05) is 18.5 Å². The first-order valence-electron chi connectivity index (χ1n) is 10.7. The molecule has 0 radical (unpaired) electrons. The van der Waals surface area contributed by atoms with E-state index in [9.17, 15) is 4.79 Å². The number of aliphatic hydroxyl groups is 1. The molecule has 9 heteroatoms. The molecule has 1 unspecified atom stereocenters. The monoisotopic (exact) mass is 446 g/mol. The summed E-state index contributed by atoms with van der Waals surface area (Å²) >= 11 is 0. The maximum atomic E-state index is 12.6. The van der Waals surface area contributed by atoms with E-state index in [2.05, 4.69) is 25.7 Å². The molecule has 4 rings (SSSR count). The Morgan fingerprint density at radius 2 is 2.03 bits per heavy atom. The molecule has 0 fully saturated rings. The number of ether oxygens (including phenoxy) is 1. The minimum absolute atomic E-state index is 0.0936. The van der Waals surface area contributed by atoms with Gasteiger partial charge in [-0.1, -0.05) is 30.3 Å². The molecule has 1 aromatic carbocycles. The summed E-state index contributed by atoms with van der Waals surface area (Å²) in [4.78, 5) is 21.5. The van der Waals surface area contributed by atoms with Crippen LogP contribution in [0.2, 0.25) is 0 Å². The van der Waals surface area contributed by atoms with E-state index in [1.165, 1.54) is 0 Å². The van der Waals surface area contributed by atoms with Crippen molar-refractivity contribution in [2.24, 2.45) is 0 Å². The summed E-state index contributed by atoms with van der Waals surface area (Å²) in [5, 5.41) is 20.1. The third-order valence-corrected chi connectivity index (χ3v) is 5.11. The van der Waals surface area contributed by atoms with E-state index in [-0.39, 0.29) is 31.9 Å². The van der Waals surface area contributed by atoms with Crippen LogP contribution in [0.15, 0.2) is 60.9 Å².